The lowest BCUT2D eigenvalue weighted by Crippen LogP contribution is -2.34. The molecule has 0 spiro atoms. The zero-order valence-corrected chi connectivity index (χ0v) is 21.0. The SMILES string of the molecule is COc1ccccc1N(C)S(=O)(=O)c1ccc(C(=O)OCC(=O)N[C@H]2CCCc3ccccc32)cc1. The molecule has 0 heterocycles. The molecule has 0 unspecified atom stereocenters. The average molecular weight is 509 g/mol. The first kappa shape index (κ1) is 25.2. The Balaban J connectivity index is 1.37. The van der Waals surface area contributed by atoms with Gasteiger partial charge in [-0.15, -0.1) is 0 Å². The molecule has 0 bridgehead atoms. The number of fused-ring (bicyclic) bond motifs is 1. The number of methoxy groups -OCH3 is 1. The van der Waals surface area contributed by atoms with E-state index in [-0.39, 0.29) is 22.4 Å². The maximum Gasteiger partial charge on any atom is 0.338 e. The monoisotopic (exact) mass is 508 g/mol. The van der Waals surface area contributed by atoms with Crippen LogP contribution in [-0.4, -0.2) is 41.1 Å². The van der Waals surface area contributed by atoms with Gasteiger partial charge in [-0.2, -0.15) is 0 Å². The van der Waals surface area contributed by atoms with Crippen LogP contribution in [0.3, 0.4) is 0 Å². The molecular weight excluding hydrogens is 480 g/mol. The van der Waals surface area contributed by atoms with Crippen molar-refractivity contribution >= 4 is 27.6 Å². The van der Waals surface area contributed by atoms with Gasteiger partial charge in [-0.25, -0.2) is 13.2 Å². The van der Waals surface area contributed by atoms with Crippen LogP contribution in [0.1, 0.15) is 40.4 Å². The lowest BCUT2D eigenvalue weighted by molar-refractivity contribution is -0.125. The minimum absolute atomic E-state index is 0.00108. The Hall–Kier alpha value is -3.85. The molecule has 1 N–H and O–H groups in total. The predicted octanol–water partition coefficient (Wildman–Crippen LogP) is 3.87. The summed E-state index contributed by atoms with van der Waals surface area (Å²) in [6.07, 6.45) is 2.79. The number of nitrogens with zero attached hydrogens (tertiary/aromatic N) is 1. The van der Waals surface area contributed by atoms with E-state index < -0.39 is 22.6 Å². The van der Waals surface area contributed by atoms with Gasteiger partial charge >= 0.3 is 5.97 Å². The molecule has 8 nitrogen and oxygen atoms in total. The number of amides is 1. The number of anilines is 1. The third-order valence-corrected chi connectivity index (χ3v) is 8.00. The van der Waals surface area contributed by atoms with Crippen LogP contribution in [-0.2, 0) is 26.0 Å². The van der Waals surface area contributed by atoms with Crippen LogP contribution in [0.15, 0.2) is 77.7 Å². The van der Waals surface area contributed by atoms with Crippen molar-refractivity contribution in [3.05, 3.63) is 89.5 Å². The molecule has 4 rings (SSSR count). The second-order valence-electron chi connectivity index (χ2n) is 8.46. The fourth-order valence-electron chi connectivity index (χ4n) is 4.29. The molecule has 0 fully saturated rings. The fourth-order valence-corrected chi connectivity index (χ4v) is 5.50. The number of rotatable bonds is 8. The predicted molar refractivity (Wildman–Crippen MR) is 136 cm³/mol. The van der Waals surface area contributed by atoms with E-state index in [2.05, 4.69) is 11.4 Å². The number of para-hydroxylation sites is 2. The topological polar surface area (TPSA) is 102 Å². The fraction of sp³-hybridized carbons (Fsp3) is 0.259. The summed E-state index contributed by atoms with van der Waals surface area (Å²) in [5.41, 5.74) is 2.84. The first-order valence-electron chi connectivity index (χ1n) is 11.6. The number of sulfonamides is 1. The van der Waals surface area contributed by atoms with Crippen molar-refractivity contribution in [1.82, 2.24) is 5.32 Å². The van der Waals surface area contributed by atoms with E-state index in [1.54, 1.807) is 24.3 Å². The van der Waals surface area contributed by atoms with Crippen LogP contribution in [0.4, 0.5) is 5.69 Å². The number of hydrogen-bond acceptors (Lipinski definition) is 6. The largest absolute Gasteiger partial charge is 0.495 e. The molecule has 0 saturated heterocycles. The first-order chi connectivity index (χ1) is 17.3. The highest BCUT2D eigenvalue weighted by atomic mass is 32.2. The molecule has 3 aromatic carbocycles. The van der Waals surface area contributed by atoms with E-state index >= 15 is 0 Å². The molecule has 1 atom stereocenters. The Morgan fingerprint density at radius 1 is 1.00 bits per heavy atom. The highest BCUT2D eigenvalue weighted by Gasteiger charge is 2.25. The van der Waals surface area contributed by atoms with Gasteiger partial charge in [0.05, 0.1) is 29.3 Å². The van der Waals surface area contributed by atoms with Crippen molar-refractivity contribution in [2.24, 2.45) is 0 Å². The smallest absolute Gasteiger partial charge is 0.338 e. The van der Waals surface area contributed by atoms with Crippen molar-refractivity contribution in [3.63, 3.8) is 0 Å². The molecule has 0 aromatic heterocycles. The number of carbonyl (C=O) groups excluding carboxylic acids is 2. The van der Waals surface area contributed by atoms with Crippen molar-refractivity contribution in [2.45, 2.75) is 30.2 Å². The summed E-state index contributed by atoms with van der Waals surface area (Å²) < 4.78 is 37.7. The van der Waals surface area contributed by atoms with Gasteiger partial charge < -0.3 is 14.8 Å². The van der Waals surface area contributed by atoms with Crippen molar-refractivity contribution < 1.29 is 27.5 Å². The first-order valence-corrected chi connectivity index (χ1v) is 13.0. The number of benzene rings is 3. The summed E-state index contributed by atoms with van der Waals surface area (Å²) >= 11 is 0. The third-order valence-electron chi connectivity index (χ3n) is 6.21. The van der Waals surface area contributed by atoms with E-state index in [0.717, 1.165) is 29.1 Å². The summed E-state index contributed by atoms with van der Waals surface area (Å²) in [5, 5.41) is 2.94. The van der Waals surface area contributed by atoms with Crippen LogP contribution in [0, 0.1) is 0 Å². The van der Waals surface area contributed by atoms with Crippen LogP contribution in [0.5, 0.6) is 5.75 Å². The van der Waals surface area contributed by atoms with Crippen LogP contribution in [0.25, 0.3) is 0 Å². The molecule has 0 saturated carbocycles. The van der Waals surface area contributed by atoms with Crippen molar-refractivity contribution in [1.29, 1.82) is 0 Å². The molecule has 0 aliphatic heterocycles. The van der Waals surface area contributed by atoms with E-state index in [1.165, 1.54) is 44.0 Å². The summed E-state index contributed by atoms with van der Waals surface area (Å²) in [6, 6.07) is 20.0. The number of esters is 1. The van der Waals surface area contributed by atoms with Crippen LogP contribution < -0.4 is 14.4 Å². The minimum Gasteiger partial charge on any atom is -0.495 e. The highest BCUT2D eigenvalue weighted by Crippen LogP contribution is 2.31. The van der Waals surface area contributed by atoms with Gasteiger partial charge in [-0.05, 0) is 66.8 Å². The maximum absolute atomic E-state index is 13.1. The number of ether oxygens (including phenoxy) is 2. The average Bonchev–Trinajstić information content (AvgIpc) is 2.91. The van der Waals surface area contributed by atoms with Gasteiger partial charge in [0.15, 0.2) is 6.61 Å². The summed E-state index contributed by atoms with van der Waals surface area (Å²) in [7, 11) is -1.00. The van der Waals surface area contributed by atoms with E-state index in [9.17, 15) is 18.0 Å². The van der Waals surface area contributed by atoms with Gasteiger partial charge in [0.2, 0.25) is 0 Å². The lowest BCUT2D eigenvalue weighted by atomic mass is 9.88. The van der Waals surface area contributed by atoms with Gasteiger partial charge in [-0.3, -0.25) is 9.10 Å². The minimum atomic E-state index is -3.90. The second-order valence-corrected chi connectivity index (χ2v) is 10.4. The Morgan fingerprint density at radius 3 is 2.44 bits per heavy atom. The summed E-state index contributed by atoms with van der Waals surface area (Å²) in [5.74, 6) is -0.683. The van der Waals surface area contributed by atoms with Crippen LogP contribution in [0.2, 0.25) is 0 Å². The zero-order valence-electron chi connectivity index (χ0n) is 20.1. The molecule has 1 amide bonds. The highest BCUT2D eigenvalue weighted by molar-refractivity contribution is 7.92. The normalized spacial score (nSPS) is 14.9. The Bertz CT molecular complexity index is 1350. The standard InChI is InChI=1S/C27H28N2O6S/c1-29(24-12-5-6-13-25(24)34-2)36(32,33)21-16-14-20(15-17-21)27(31)35-18-26(30)28-23-11-7-9-19-8-3-4-10-22(19)23/h3-6,8,10,12-17,23H,7,9,11,18H2,1-2H3,(H,28,30)/t23-/m0/s1. The molecule has 1 aliphatic rings. The van der Waals surface area contributed by atoms with Crippen molar-refractivity contribution in [3.8, 4) is 5.75 Å². The lowest BCUT2D eigenvalue weighted by Gasteiger charge is -2.26. The van der Waals surface area contributed by atoms with Gasteiger partial charge in [0, 0.05) is 7.05 Å². The zero-order chi connectivity index (χ0) is 25.7. The number of carbonyl (C=O) groups is 2. The number of nitrogens with one attached hydrogen (secondary N) is 1. The van der Waals surface area contributed by atoms with E-state index in [0.29, 0.717) is 11.4 Å². The van der Waals surface area contributed by atoms with E-state index in [1.807, 2.05) is 18.2 Å². The Labute approximate surface area is 210 Å². The maximum atomic E-state index is 13.1. The van der Waals surface area contributed by atoms with E-state index in [4.69, 9.17) is 9.47 Å². The number of hydrogen-bond donors (Lipinski definition) is 1. The van der Waals surface area contributed by atoms with Gasteiger partial charge in [0.25, 0.3) is 15.9 Å². The second kappa shape index (κ2) is 10.8. The van der Waals surface area contributed by atoms with Gasteiger partial charge in [-0.1, -0.05) is 36.4 Å². The molecule has 36 heavy (non-hydrogen) atoms. The molecule has 9 heteroatoms. The quantitative estimate of drug-likeness (QED) is 0.464. The molecule has 188 valence electrons. The van der Waals surface area contributed by atoms with Crippen molar-refractivity contribution in [2.75, 3.05) is 25.1 Å². The molecular formula is C27H28N2O6S. The third kappa shape index (κ3) is 5.36. The summed E-state index contributed by atoms with van der Waals surface area (Å²) in [6.45, 7) is -0.423. The van der Waals surface area contributed by atoms with Gasteiger partial charge in [0.1, 0.15) is 5.75 Å². The molecule has 1 aliphatic carbocycles. The molecule has 0 radical (unpaired) electrons. The Kier molecular flexibility index (Phi) is 7.59. The van der Waals surface area contributed by atoms with Crippen LogP contribution >= 0.6 is 0 Å². The summed E-state index contributed by atoms with van der Waals surface area (Å²) in [4.78, 5) is 24.9. The molecule has 3 aromatic rings. The Morgan fingerprint density at radius 2 is 1.69 bits per heavy atom. The number of aryl methyl sites for hydroxylation is 1.